The number of carbonyl (C=O) groups excluding carboxylic acids is 2. The summed E-state index contributed by atoms with van der Waals surface area (Å²) in [7, 11) is 0. The van der Waals surface area contributed by atoms with Gasteiger partial charge in [-0.1, -0.05) is 67.1 Å². The largest absolute Gasteiger partial charge is 0.331 e. The highest BCUT2D eigenvalue weighted by Crippen LogP contribution is 2.42. The van der Waals surface area contributed by atoms with Gasteiger partial charge in [0.15, 0.2) is 5.79 Å². The SMILES string of the molecule is O=C1N(Cc2ccccc2)C(=O)N(Cc2ccccc2)[C@@]23CCCCCN2CCCN13. The zero-order chi connectivity index (χ0) is 21.3. The predicted molar refractivity (Wildman–Crippen MR) is 119 cm³/mol. The van der Waals surface area contributed by atoms with Crippen LogP contribution in [0.15, 0.2) is 60.7 Å². The summed E-state index contributed by atoms with van der Waals surface area (Å²) in [6, 6.07) is 19.6. The zero-order valence-electron chi connectivity index (χ0n) is 17.9. The molecule has 0 N–H and O–H groups in total. The van der Waals surface area contributed by atoms with Crippen molar-refractivity contribution >= 4 is 12.1 Å². The second-order valence-electron chi connectivity index (χ2n) is 8.79. The van der Waals surface area contributed by atoms with Gasteiger partial charge in [-0.25, -0.2) is 14.5 Å². The van der Waals surface area contributed by atoms with Crippen LogP contribution < -0.4 is 0 Å². The lowest BCUT2D eigenvalue weighted by molar-refractivity contribution is -0.172. The number of hydrogen-bond donors (Lipinski definition) is 0. The van der Waals surface area contributed by atoms with Gasteiger partial charge in [0.25, 0.3) is 0 Å². The van der Waals surface area contributed by atoms with Gasteiger partial charge in [-0.3, -0.25) is 14.7 Å². The molecule has 3 fully saturated rings. The summed E-state index contributed by atoms with van der Waals surface area (Å²) in [6.45, 7) is 3.36. The Bertz CT molecular complexity index is 935. The quantitative estimate of drug-likeness (QED) is 0.736. The van der Waals surface area contributed by atoms with Crippen LogP contribution in [-0.2, 0) is 13.1 Å². The average molecular weight is 419 g/mol. The van der Waals surface area contributed by atoms with Crippen molar-refractivity contribution in [3.05, 3.63) is 71.8 Å². The van der Waals surface area contributed by atoms with Gasteiger partial charge in [-0.2, -0.15) is 0 Å². The van der Waals surface area contributed by atoms with Gasteiger partial charge in [-0.05, 0) is 30.4 Å². The van der Waals surface area contributed by atoms with E-state index in [1.54, 1.807) is 0 Å². The molecule has 3 aliphatic heterocycles. The van der Waals surface area contributed by atoms with E-state index in [9.17, 15) is 9.59 Å². The minimum atomic E-state index is -0.647. The molecule has 2 aromatic rings. The zero-order valence-corrected chi connectivity index (χ0v) is 17.9. The molecule has 31 heavy (non-hydrogen) atoms. The highest BCUT2D eigenvalue weighted by Gasteiger charge is 2.58. The van der Waals surface area contributed by atoms with E-state index in [0.29, 0.717) is 19.6 Å². The van der Waals surface area contributed by atoms with Gasteiger partial charge in [0.05, 0.1) is 13.1 Å². The van der Waals surface area contributed by atoms with E-state index in [1.807, 2.05) is 58.3 Å². The third kappa shape index (κ3) is 3.49. The van der Waals surface area contributed by atoms with E-state index < -0.39 is 5.79 Å². The van der Waals surface area contributed by atoms with Crippen molar-refractivity contribution in [3.8, 4) is 0 Å². The van der Waals surface area contributed by atoms with Crippen LogP contribution in [0.25, 0.3) is 0 Å². The number of amides is 4. The lowest BCUT2D eigenvalue weighted by Crippen LogP contribution is -2.80. The van der Waals surface area contributed by atoms with E-state index in [1.165, 1.54) is 4.90 Å². The first-order valence-electron chi connectivity index (χ1n) is 11.4. The Kier molecular flexibility index (Phi) is 5.40. The van der Waals surface area contributed by atoms with Gasteiger partial charge in [0, 0.05) is 26.1 Å². The summed E-state index contributed by atoms with van der Waals surface area (Å²) in [4.78, 5) is 35.5. The van der Waals surface area contributed by atoms with Crippen molar-refractivity contribution in [1.82, 2.24) is 19.6 Å². The molecule has 5 rings (SSSR count). The number of benzene rings is 2. The highest BCUT2D eigenvalue weighted by molar-refractivity contribution is 5.96. The Morgan fingerprint density at radius 2 is 1.32 bits per heavy atom. The highest BCUT2D eigenvalue weighted by atomic mass is 16.2. The Morgan fingerprint density at radius 3 is 2.03 bits per heavy atom. The fourth-order valence-electron chi connectivity index (χ4n) is 5.46. The van der Waals surface area contributed by atoms with E-state index >= 15 is 0 Å². The maximum atomic E-state index is 13.9. The maximum Gasteiger partial charge on any atom is 0.331 e. The van der Waals surface area contributed by atoms with Gasteiger partial charge in [0.2, 0.25) is 0 Å². The summed E-state index contributed by atoms with van der Waals surface area (Å²) in [5, 5.41) is 0. The molecule has 6 heteroatoms. The molecule has 3 heterocycles. The van der Waals surface area contributed by atoms with Crippen molar-refractivity contribution in [2.75, 3.05) is 19.6 Å². The second-order valence-corrected chi connectivity index (χ2v) is 8.79. The molecule has 0 unspecified atom stereocenters. The lowest BCUT2D eigenvalue weighted by Gasteiger charge is -2.61. The molecule has 1 spiro atoms. The van der Waals surface area contributed by atoms with Crippen molar-refractivity contribution in [2.45, 2.75) is 51.0 Å². The Morgan fingerprint density at radius 1 is 0.677 bits per heavy atom. The lowest BCUT2D eigenvalue weighted by atomic mass is 10.0. The molecule has 0 bridgehead atoms. The monoisotopic (exact) mass is 418 g/mol. The first kappa shape index (κ1) is 20.1. The number of nitrogens with zero attached hydrogens (tertiary/aromatic N) is 4. The summed E-state index contributed by atoms with van der Waals surface area (Å²) < 4.78 is 0. The van der Waals surface area contributed by atoms with Crippen LogP contribution in [0.4, 0.5) is 9.59 Å². The predicted octanol–water partition coefficient (Wildman–Crippen LogP) is 4.48. The van der Waals surface area contributed by atoms with Crippen molar-refractivity contribution in [2.24, 2.45) is 0 Å². The fraction of sp³-hybridized carbons (Fsp3) is 0.440. The van der Waals surface area contributed by atoms with Crippen molar-refractivity contribution < 1.29 is 9.59 Å². The average Bonchev–Trinajstić information content (AvgIpc) is 3.03. The van der Waals surface area contributed by atoms with Gasteiger partial charge in [-0.15, -0.1) is 0 Å². The van der Waals surface area contributed by atoms with Crippen LogP contribution in [0.1, 0.15) is 43.2 Å². The molecule has 0 aliphatic carbocycles. The summed E-state index contributed by atoms with van der Waals surface area (Å²) in [6.07, 6.45) is 5.04. The minimum absolute atomic E-state index is 0.148. The molecule has 0 radical (unpaired) electrons. The molecule has 4 amide bonds. The third-order valence-electron chi connectivity index (χ3n) is 6.91. The van der Waals surface area contributed by atoms with E-state index in [0.717, 1.165) is 56.3 Å². The molecule has 1 atom stereocenters. The number of rotatable bonds is 4. The molecule has 3 aliphatic rings. The maximum absolute atomic E-state index is 13.9. The molecule has 2 aromatic carbocycles. The van der Waals surface area contributed by atoms with Crippen LogP contribution in [0, 0.1) is 0 Å². The van der Waals surface area contributed by atoms with E-state index in [4.69, 9.17) is 0 Å². The van der Waals surface area contributed by atoms with Crippen LogP contribution >= 0.6 is 0 Å². The Labute approximate surface area is 184 Å². The molecule has 0 saturated carbocycles. The molecular formula is C25H30N4O2. The van der Waals surface area contributed by atoms with E-state index in [2.05, 4.69) is 17.0 Å². The smallest absolute Gasteiger partial charge is 0.288 e. The molecular weight excluding hydrogens is 388 g/mol. The van der Waals surface area contributed by atoms with Crippen molar-refractivity contribution in [1.29, 1.82) is 0 Å². The minimum Gasteiger partial charge on any atom is -0.288 e. The second kappa shape index (κ2) is 8.35. The number of imide groups is 1. The summed E-state index contributed by atoms with van der Waals surface area (Å²) >= 11 is 0. The van der Waals surface area contributed by atoms with E-state index in [-0.39, 0.29) is 12.1 Å². The third-order valence-corrected chi connectivity index (χ3v) is 6.91. The van der Waals surface area contributed by atoms with Gasteiger partial charge in [0.1, 0.15) is 0 Å². The standard InChI is InChI=1S/C25H30N4O2/c30-23-27(19-21-11-4-1-5-12-21)24(31)29(20-22-13-6-2-7-14-22)25-15-8-3-9-16-26(25)17-10-18-28(23)25/h1-2,4-7,11-14H,3,8-10,15-20H2/t25-/m0/s1. The van der Waals surface area contributed by atoms with Crippen LogP contribution in [0.2, 0.25) is 0 Å². The Balaban J connectivity index is 1.57. The first-order valence-corrected chi connectivity index (χ1v) is 11.4. The Hall–Kier alpha value is -2.86. The fourth-order valence-corrected chi connectivity index (χ4v) is 5.46. The number of hydrogen-bond acceptors (Lipinski definition) is 3. The number of carbonyl (C=O) groups is 2. The first-order chi connectivity index (χ1) is 15.2. The molecule has 162 valence electrons. The van der Waals surface area contributed by atoms with Gasteiger partial charge >= 0.3 is 12.1 Å². The van der Waals surface area contributed by atoms with Crippen LogP contribution in [0.3, 0.4) is 0 Å². The molecule has 0 aromatic heterocycles. The number of urea groups is 2. The van der Waals surface area contributed by atoms with Crippen LogP contribution in [-0.4, -0.2) is 57.1 Å². The molecule has 3 saturated heterocycles. The normalized spacial score (nSPS) is 24.6. The topological polar surface area (TPSA) is 47.1 Å². The molecule has 6 nitrogen and oxygen atoms in total. The summed E-state index contributed by atoms with van der Waals surface area (Å²) in [5.41, 5.74) is 2.06. The van der Waals surface area contributed by atoms with Crippen LogP contribution in [0.5, 0.6) is 0 Å². The van der Waals surface area contributed by atoms with Crippen molar-refractivity contribution in [3.63, 3.8) is 0 Å². The van der Waals surface area contributed by atoms with Gasteiger partial charge < -0.3 is 0 Å². The summed E-state index contributed by atoms with van der Waals surface area (Å²) in [5.74, 6) is -0.647.